The summed E-state index contributed by atoms with van der Waals surface area (Å²) in [6.45, 7) is 3.53. The van der Waals surface area contributed by atoms with Crippen LogP contribution in [0.1, 0.15) is 13.8 Å². The highest BCUT2D eigenvalue weighted by atomic mass is 32.2. The number of rotatable bonds is 5. The van der Waals surface area contributed by atoms with Crippen LogP contribution in [0.25, 0.3) is 0 Å². The van der Waals surface area contributed by atoms with E-state index in [1.54, 1.807) is 44.2 Å². The summed E-state index contributed by atoms with van der Waals surface area (Å²) in [4.78, 5) is 12.2. The Morgan fingerprint density at radius 1 is 1.07 bits per heavy atom. The first-order valence-corrected chi connectivity index (χ1v) is 11.5. The molecule has 0 N–H and O–H groups in total. The average molecular weight is 409 g/mol. The van der Waals surface area contributed by atoms with E-state index in [0.717, 1.165) is 4.31 Å². The molecule has 1 heterocycles. The molecule has 27 heavy (non-hydrogen) atoms. The number of hydrogen-bond donors (Lipinski definition) is 0. The first-order chi connectivity index (χ1) is 12.7. The van der Waals surface area contributed by atoms with Gasteiger partial charge < -0.3 is 0 Å². The fourth-order valence-corrected chi connectivity index (χ4v) is 6.35. The number of sulfonamides is 2. The lowest BCUT2D eigenvalue weighted by Crippen LogP contribution is -2.31. The molecule has 0 saturated carbocycles. The van der Waals surface area contributed by atoms with E-state index in [4.69, 9.17) is 0 Å². The molecule has 7 nitrogen and oxygen atoms in total. The maximum Gasteiger partial charge on any atom is 0.264 e. The molecule has 1 aliphatic heterocycles. The predicted molar refractivity (Wildman–Crippen MR) is 104 cm³/mol. The highest BCUT2D eigenvalue weighted by molar-refractivity contribution is 7.94. The van der Waals surface area contributed by atoms with Crippen molar-refractivity contribution in [3.63, 3.8) is 0 Å². The Labute approximate surface area is 159 Å². The van der Waals surface area contributed by atoms with E-state index in [1.807, 2.05) is 0 Å². The Balaban J connectivity index is 1.96. The van der Waals surface area contributed by atoms with Gasteiger partial charge in [0.1, 0.15) is 0 Å². The van der Waals surface area contributed by atoms with Crippen molar-refractivity contribution in [1.29, 1.82) is 0 Å². The minimum absolute atomic E-state index is 0.0223. The molecule has 0 spiro atoms. The second-order valence-electron chi connectivity index (χ2n) is 6.28. The first-order valence-electron chi connectivity index (χ1n) is 8.43. The van der Waals surface area contributed by atoms with E-state index in [-0.39, 0.29) is 22.9 Å². The molecule has 1 fully saturated rings. The molecule has 0 aromatic heterocycles. The minimum atomic E-state index is -3.82. The monoisotopic (exact) mass is 408 g/mol. The fraction of sp³-hybridized carbons (Fsp3) is 0.278. The van der Waals surface area contributed by atoms with Crippen LogP contribution in [0.5, 0.6) is 0 Å². The van der Waals surface area contributed by atoms with Crippen LogP contribution in [0.3, 0.4) is 0 Å². The van der Waals surface area contributed by atoms with Gasteiger partial charge in [-0.15, -0.1) is 0 Å². The maximum atomic E-state index is 13.0. The molecule has 9 heteroatoms. The number of benzene rings is 2. The van der Waals surface area contributed by atoms with Gasteiger partial charge in [-0.3, -0.25) is 9.10 Å². The molecule has 1 amide bonds. The molecule has 1 saturated heterocycles. The van der Waals surface area contributed by atoms with E-state index < -0.39 is 31.9 Å². The van der Waals surface area contributed by atoms with Crippen molar-refractivity contribution in [1.82, 2.24) is 0 Å². The quantitative estimate of drug-likeness (QED) is 0.756. The van der Waals surface area contributed by atoms with Crippen molar-refractivity contribution in [2.24, 2.45) is 5.92 Å². The number of anilines is 2. The zero-order valence-electron chi connectivity index (χ0n) is 14.9. The third-order valence-corrected chi connectivity index (χ3v) is 8.14. The fourth-order valence-electron chi connectivity index (χ4n) is 3.05. The second kappa shape index (κ2) is 6.97. The summed E-state index contributed by atoms with van der Waals surface area (Å²) in [7, 11) is -7.54. The van der Waals surface area contributed by atoms with Crippen molar-refractivity contribution >= 4 is 37.3 Å². The SMILES string of the molecule is CCN(c1ccccc1)S(=O)(=O)c1ccc(N2C(=O)[C@H](C)CS2(=O)=O)cc1. The van der Waals surface area contributed by atoms with Crippen LogP contribution in [-0.4, -0.2) is 35.0 Å². The third kappa shape index (κ3) is 3.44. The third-order valence-electron chi connectivity index (χ3n) is 4.35. The van der Waals surface area contributed by atoms with Gasteiger partial charge >= 0.3 is 0 Å². The van der Waals surface area contributed by atoms with Gasteiger partial charge in [0.2, 0.25) is 15.9 Å². The Hall–Kier alpha value is -2.39. The Bertz CT molecular complexity index is 1050. The molecule has 3 rings (SSSR count). The van der Waals surface area contributed by atoms with Gasteiger partial charge in [-0.2, -0.15) is 0 Å². The van der Waals surface area contributed by atoms with E-state index >= 15 is 0 Å². The predicted octanol–water partition coefficient (Wildman–Crippen LogP) is 2.21. The highest BCUT2D eigenvalue weighted by Gasteiger charge is 2.42. The molecule has 0 bridgehead atoms. The van der Waals surface area contributed by atoms with Gasteiger partial charge in [-0.05, 0) is 43.3 Å². The molecule has 1 atom stereocenters. The van der Waals surface area contributed by atoms with Crippen LogP contribution in [0.2, 0.25) is 0 Å². The van der Waals surface area contributed by atoms with Crippen molar-refractivity contribution < 1.29 is 21.6 Å². The lowest BCUT2D eigenvalue weighted by atomic mass is 10.2. The number of para-hydroxylation sites is 1. The average Bonchev–Trinajstić information content (AvgIpc) is 2.83. The van der Waals surface area contributed by atoms with Gasteiger partial charge in [0.25, 0.3) is 10.0 Å². The summed E-state index contributed by atoms with van der Waals surface area (Å²) in [5.74, 6) is -1.37. The number of carbonyl (C=O) groups is 1. The first kappa shape index (κ1) is 19.4. The summed E-state index contributed by atoms with van der Waals surface area (Å²) in [5, 5.41) is 0. The summed E-state index contributed by atoms with van der Waals surface area (Å²) in [6, 6.07) is 14.0. The van der Waals surface area contributed by atoms with Crippen LogP contribution in [-0.2, 0) is 24.8 Å². The second-order valence-corrected chi connectivity index (χ2v) is 10.0. The summed E-state index contributed by atoms with van der Waals surface area (Å²) >= 11 is 0. The summed E-state index contributed by atoms with van der Waals surface area (Å²) in [5.41, 5.74) is 0.682. The number of amides is 1. The van der Waals surface area contributed by atoms with Crippen molar-refractivity contribution in [2.75, 3.05) is 20.9 Å². The van der Waals surface area contributed by atoms with E-state index in [2.05, 4.69) is 0 Å². The molecule has 144 valence electrons. The smallest absolute Gasteiger partial charge is 0.264 e. The normalized spacial score (nSPS) is 19.3. The number of hydrogen-bond acceptors (Lipinski definition) is 5. The van der Waals surface area contributed by atoms with Gasteiger partial charge in [0.05, 0.1) is 27.9 Å². The Kier molecular flexibility index (Phi) is 5.00. The van der Waals surface area contributed by atoms with Crippen molar-refractivity contribution in [3.8, 4) is 0 Å². The van der Waals surface area contributed by atoms with Gasteiger partial charge in [-0.25, -0.2) is 21.1 Å². The molecule has 0 unspecified atom stereocenters. The lowest BCUT2D eigenvalue weighted by Gasteiger charge is -2.23. The number of carbonyl (C=O) groups excluding carboxylic acids is 1. The Morgan fingerprint density at radius 2 is 1.67 bits per heavy atom. The van der Waals surface area contributed by atoms with Crippen LogP contribution < -0.4 is 8.61 Å². The molecule has 2 aromatic carbocycles. The van der Waals surface area contributed by atoms with Crippen molar-refractivity contribution in [3.05, 3.63) is 54.6 Å². The summed E-state index contributed by atoms with van der Waals surface area (Å²) in [6.07, 6.45) is 0. The van der Waals surface area contributed by atoms with Crippen molar-refractivity contribution in [2.45, 2.75) is 18.7 Å². The highest BCUT2D eigenvalue weighted by Crippen LogP contribution is 2.30. The molecule has 1 aliphatic rings. The minimum Gasteiger partial charge on any atom is -0.273 e. The molecular formula is C18H20N2O5S2. The number of nitrogens with zero attached hydrogens (tertiary/aromatic N) is 2. The zero-order valence-corrected chi connectivity index (χ0v) is 16.6. The van der Waals surface area contributed by atoms with Crippen LogP contribution in [0, 0.1) is 5.92 Å². The van der Waals surface area contributed by atoms with Crippen LogP contribution in [0.4, 0.5) is 11.4 Å². The Morgan fingerprint density at radius 3 is 2.15 bits per heavy atom. The van der Waals surface area contributed by atoms with Crippen LogP contribution in [0.15, 0.2) is 59.5 Å². The van der Waals surface area contributed by atoms with Gasteiger partial charge in [0.15, 0.2) is 0 Å². The lowest BCUT2D eigenvalue weighted by molar-refractivity contribution is -0.119. The van der Waals surface area contributed by atoms with E-state index in [1.165, 1.54) is 28.6 Å². The van der Waals surface area contributed by atoms with E-state index in [9.17, 15) is 21.6 Å². The van der Waals surface area contributed by atoms with Gasteiger partial charge in [-0.1, -0.05) is 25.1 Å². The molecule has 0 aliphatic carbocycles. The largest absolute Gasteiger partial charge is 0.273 e. The van der Waals surface area contributed by atoms with E-state index in [0.29, 0.717) is 5.69 Å². The summed E-state index contributed by atoms with van der Waals surface area (Å²) < 4.78 is 52.3. The molecule has 2 aromatic rings. The molecule has 0 radical (unpaired) electrons. The topological polar surface area (TPSA) is 91.8 Å². The standard InChI is InChI=1S/C18H20N2O5S2/c1-3-19(15-7-5-4-6-8-15)27(24,25)17-11-9-16(10-12-17)20-18(21)14(2)13-26(20,22)23/h4-12,14H,3,13H2,1-2H3/t14-/m1/s1. The van der Waals surface area contributed by atoms with Gasteiger partial charge in [0, 0.05) is 6.54 Å². The molecular weight excluding hydrogens is 388 g/mol. The maximum absolute atomic E-state index is 13.0. The van der Waals surface area contributed by atoms with Crippen LogP contribution >= 0.6 is 0 Å². The zero-order chi connectivity index (χ0) is 19.8.